The molecule has 1 aromatic carbocycles. The van der Waals surface area contributed by atoms with E-state index in [1.807, 2.05) is 26.0 Å². The van der Waals surface area contributed by atoms with E-state index in [-0.39, 0.29) is 24.0 Å². The van der Waals surface area contributed by atoms with Crippen molar-refractivity contribution in [1.29, 1.82) is 0 Å². The van der Waals surface area contributed by atoms with Gasteiger partial charge in [-0.05, 0) is 39.7 Å². The van der Waals surface area contributed by atoms with Crippen molar-refractivity contribution in [2.75, 3.05) is 31.6 Å². The van der Waals surface area contributed by atoms with Crippen LogP contribution in [0.15, 0.2) is 12.1 Å². The Balaban J connectivity index is 1.64. The van der Waals surface area contributed by atoms with Gasteiger partial charge in [0.25, 0.3) is 0 Å². The van der Waals surface area contributed by atoms with Crippen molar-refractivity contribution < 1.29 is 23.8 Å². The molecule has 7 nitrogen and oxygen atoms in total. The smallest absolute Gasteiger partial charge is 0.409 e. The maximum Gasteiger partial charge on any atom is 0.409 e. The summed E-state index contributed by atoms with van der Waals surface area (Å²) in [5.74, 6) is 1.29. The lowest BCUT2D eigenvalue weighted by atomic mass is 9.96. The Kier molecular flexibility index (Phi) is 6.08. The van der Waals surface area contributed by atoms with Crippen molar-refractivity contribution in [3.05, 3.63) is 17.7 Å². The molecule has 2 aliphatic heterocycles. The monoisotopic (exact) mass is 376 g/mol. The fourth-order valence-electron chi connectivity index (χ4n) is 3.59. The van der Waals surface area contributed by atoms with Gasteiger partial charge in [0.15, 0.2) is 0 Å². The Bertz CT molecular complexity index is 698. The zero-order valence-corrected chi connectivity index (χ0v) is 16.2. The van der Waals surface area contributed by atoms with Crippen LogP contribution in [-0.2, 0) is 16.0 Å². The number of carbonyl (C=O) groups excluding carboxylic acids is 2. The molecular weight excluding hydrogens is 348 g/mol. The molecule has 1 unspecified atom stereocenters. The molecule has 27 heavy (non-hydrogen) atoms. The molecule has 0 aromatic heterocycles. The molecule has 0 saturated carbocycles. The highest BCUT2D eigenvalue weighted by Gasteiger charge is 2.29. The first-order valence-corrected chi connectivity index (χ1v) is 9.70. The number of nitrogens with one attached hydrogen (secondary N) is 1. The van der Waals surface area contributed by atoms with Crippen LogP contribution < -0.4 is 14.8 Å². The zero-order chi connectivity index (χ0) is 19.4. The molecule has 0 spiro atoms. The van der Waals surface area contributed by atoms with E-state index in [2.05, 4.69) is 5.32 Å². The minimum absolute atomic E-state index is 0.0505. The number of piperidine rings is 1. The van der Waals surface area contributed by atoms with E-state index in [9.17, 15) is 9.59 Å². The number of hydrogen-bond donors (Lipinski definition) is 1. The van der Waals surface area contributed by atoms with E-state index in [0.717, 1.165) is 17.7 Å². The standard InChI is InChI=1S/C20H28N2O5/c1-4-25-18-11-15-10-13(3)27-17(15)12-16(18)21-19(23)14-6-8-22(9-7-14)20(24)26-5-2/h11-14H,4-10H2,1-3H3,(H,21,23). The number of hydrogen-bond acceptors (Lipinski definition) is 5. The Hall–Kier alpha value is -2.44. The summed E-state index contributed by atoms with van der Waals surface area (Å²) >= 11 is 0. The fraction of sp³-hybridized carbons (Fsp3) is 0.600. The molecule has 2 heterocycles. The second kappa shape index (κ2) is 8.50. The van der Waals surface area contributed by atoms with Crippen molar-refractivity contribution in [1.82, 2.24) is 4.90 Å². The Morgan fingerprint density at radius 3 is 2.63 bits per heavy atom. The highest BCUT2D eigenvalue weighted by molar-refractivity contribution is 5.94. The van der Waals surface area contributed by atoms with Crippen LogP contribution in [0.25, 0.3) is 0 Å². The molecule has 1 N–H and O–H groups in total. The van der Waals surface area contributed by atoms with Crippen LogP contribution in [0.5, 0.6) is 11.5 Å². The maximum atomic E-state index is 12.7. The lowest BCUT2D eigenvalue weighted by Crippen LogP contribution is -2.41. The lowest BCUT2D eigenvalue weighted by Gasteiger charge is -2.30. The lowest BCUT2D eigenvalue weighted by molar-refractivity contribution is -0.121. The van der Waals surface area contributed by atoms with Gasteiger partial charge in [-0.1, -0.05) is 0 Å². The van der Waals surface area contributed by atoms with E-state index in [1.165, 1.54) is 0 Å². The van der Waals surface area contributed by atoms with Gasteiger partial charge in [-0.25, -0.2) is 4.79 Å². The topological polar surface area (TPSA) is 77.1 Å². The van der Waals surface area contributed by atoms with E-state index in [4.69, 9.17) is 14.2 Å². The number of amides is 2. The summed E-state index contributed by atoms with van der Waals surface area (Å²) in [4.78, 5) is 26.2. The van der Waals surface area contributed by atoms with E-state index < -0.39 is 0 Å². The summed E-state index contributed by atoms with van der Waals surface area (Å²) in [5.41, 5.74) is 1.74. The van der Waals surface area contributed by atoms with Crippen LogP contribution in [0.2, 0.25) is 0 Å². The molecule has 1 saturated heterocycles. The largest absolute Gasteiger partial charge is 0.492 e. The quantitative estimate of drug-likeness (QED) is 0.854. The third-order valence-electron chi connectivity index (χ3n) is 4.95. The fourth-order valence-corrected chi connectivity index (χ4v) is 3.59. The van der Waals surface area contributed by atoms with Crippen LogP contribution >= 0.6 is 0 Å². The van der Waals surface area contributed by atoms with Crippen molar-refractivity contribution in [3.8, 4) is 11.5 Å². The zero-order valence-electron chi connectivity index (χ0n) is 16.2. The molecule has 1 fully saturated rings. The maximum absolute atomic E-state index is 12.7. The number of benzene rings is 1. The van der Waals surface area contributed by atoms with Gasteiger partial charge in [-0.3, -0.25) is 4.79 Å². The molecule has 0 aliphatic carbocycles. The number of likely N-dealkylation sites (tertiary alicyclic amines) is 1. The van der Waals surface area contributed by atoms with Crippen molar-refractivity contribution in [3.63, 3.8) is 0 Å². The predicted octanol–water partition coefficient (Wildman–Crippen LogP) is 3.22. The molecule has 0 bridgehead atoms. The summed E-state index contributed by atoms with van der Waals surface area (Å²) in [6.45, 7) is 7.67. The Morgan fingerprint density at radius 1 is 1.22 bits per heavy atom. The number of anilines is 1. The van der Waals surface area contributed by atoms with Gasteiger partial charge < -0.3 is 24.4 Å². The third kappa shape index (κ3) is 4.46. The molecule has 3 rings (SSSR count). The molecule has 148 valence electrons. The molecule has 1 atom stereocenters. The molecule has 2 aliphatic rings. The SMILES string of the molecule is CCOC(=O)N1CCC(C(=O)Nc2cc3c(cc2OCC)CC(C)O3)CC1. The molecule has 1 aromatic rings. The molecule has 7 heteroatoms. The number of ether oxygens (including phenoxy) is 3. The highest BCUT2D eigenvalue weighted by atomic mass is 16.6. The molecule has 0 radical (unpaired) electrons. The van der Waals surface area contributed by atoms with Crippen LogP contribution in [-0.4, -0.2) is 49.3 Å². The van der Waals surface area contributed by atoms with Gasteiger partial charge in [0.1, 0.15) is 17.6 Å². The predicted molar refractivity (Wildman–Crippen MR) is 101 cm³/mol. The number of nitrogens with zero attached hydrogens (tertiary/aromatic N) is 1. The first kappa shape index (κ1) is 19.3. The second-order valence-electron chi connectivity index (χ2n) is 6.97. The van der Waals surface area contributed by atoms with Crippen molar-refractivity contribution in [2.24, 2.45) is 5.92 Å². The van der Waals surface area contributed by atoms with Gasteiger partial charge >= 0.3 is 6.09 Å². The first-order chi connectivity index (χ1) is 13.0. The van der Waals surface area contributed by atoms with Gasteiger partial charge in [0, 0.05) is 37.1 Å². The van der Waals surface area contributed by atoms with Gasteiger partial charge in [-0.2, -0.15) is 0 Å². The number of carbonyl (C=O) groups is 2. The Labute approximate surface area is 160 Å². The van der Waals surface area contributed by atoms with E-state index >= 15 is 0 Å². The first-order valence-electron chi connectivity index (χ1n) is 9.70. The summed E-state index contributed by atoms with van der Waals surface area (Å²) in [7, 11) is 0. The van der Waals surface area contributed by atoms with Gasteiger partial charge in [-0.15, -0.1) is 0 Å². The van der Waals surface area contributed by atoms with Gasteiger partial charge in [0.2, 0.25) is 5.91 Å². The summed E-state index contributed by atoms with van der Waals surface area (Å²) in [6.07, 6.45) is 1.91. The number of fused-ring (bicyclic) bond motifs is 1. The van der Waals surface area contributed by atoms with Crippen LogP contribution in [0, 0.1) is 5.92 Å². The number of rotatable bonds is 5. The van der Waals surface area contributed by atoms with Gasteiger partial charge in [0.05, 0.1) is 18.9 Å². The van der Waals surface area contributed by atoms with Crippen LogP contribution in [0.3, 0.4) is 0 Å². The van der Waals surface area contributed by atoms with Crippen molar-refractivity contribution >= 4 is 17.7 Å². The van der Waals surface area contributed by atoms with E-state index in [0.29, 0.717) is 50.6 Å². The normalized spacial score (nSPS) is 19.2. The van der Waals surface area contributed by atoms with E-state index in [1.54, 1.807) is 11.8 Å². The van der Waals surface area contributed by atoms with Crippen LogP contribution in [0.1, 0.15) is 39.2 Å². The minimum Gasteiger partial charge on any atom is -0.492 e. The summed E-state index contributed by atoms with van der Waals surface area (Å²) < 4.78 is 16.6. The van der Waals surface area contributed by atoms with Crippen LogP contribution in [0.4, 0.5) is 10.5 Å². The minimum atomic E-state index is -0.306. The molecular formula is C20H28N2O5. The highest BCUT2D eigenvalue weighted by Crippen LogP contribution is 2.38. The van der Waals surface area contributed by atoms with Crippen molar-refractivity contribution in [2.45, 2.75) is 46.1 Å². The average molecular weight is 376 g/mol. The Morgan fingerprint density at radius 2 is 1.96 bits per heavy atom. The summed E-state index contributed by atoms with van der Waals surface area (Å²) in [6, 6.07) is 3.82. The average Bonchev–Trinajstić information content (AvgIpc) is 3.01. The summed E-state index contributed by atoms with van der Waals surface area (Å²) in [5, 5.41) is 3.00. The second-order valence-corrected chi connectivity index (χ2v) is 6.97. The molecule has 2 amide bonds. The third-order valence-corrected chi connectivity index (χ3v) is 4.95.